The second-order valence-corrected chi connectivity index (χ2v) is 2.86. The summed E-state index contributed by atoms with van der Waals surface area (Å²) in [5, 5.41) is 0. The predicted octanol–water partition coefficient (Wildman–Crippen LogP) is 1.66. The highest BCUT2D eigenvalue weighted by molar-refractivity contribution is 5.12. The van der Waals surface area contributed by atoms with Gasteiger partial charge in [-0.05, 0) is 19.8 Å². The van der Waals surface area contributed by atoms with Gasteiger partial charge < -0.3 is 0 Å². The largest absolute Gasteiger partial charge is 0.261 e. The first-order valence-corrected chi connectivity index (χ1v) is 3.65. The number of aryl methyl sites for hydroxylation is 1. The summed E-state index contributed by atoms with van der Waals surface area (Å²) in [5.74, 6) is 0.729. The zero-order valence-electron chi connectivity index (χ0n) is 6.04. The van der Waals surface area contributed by atoms with Crippen LogP contribution in [-0.4, -0.2) is 9.97 Å². The number of rotatable bonds is 1. The highest BCUT2D eigenvalue weighted by atomic mass is 14.8. The first-order valence-electron chi connectivity index (χ1n) is 3.65. The molecular formula is C8H10N2. The smallest absolute Gasteiger partial charge is 0.0620 e. The van der Waals surface area contributed by atoms with Crippen molar-refractivity contribution in [3.05, 3.63) is 23.8 Å². The summed E-state index contributed by atoms with van der Waals surface area (Å²) in [7, 11) is 0. The minimum absolute atomic E-state index is 0.729. The molecule has 2 nitrogen and oxygen atoms in total. The van der Waals surface area contributed by atoms with Gasteiger partial charge in [-0.15, -0.1) is 0 Å². The Bertz CT molecular complexity index is 241. The van der Waals surface area contributed by atoms with Gasteiger partial charge >= 0.3 is 0 Å². The van der Waals surface area contributed by atoms with E-state index in [4.69, 9.17) is 0 Å². The summed E-state index contributed by atoms with van der Waals surface area (Å²) in [6.07, 6.45) is 6.28. The number of nitrogens with zero attached hydrogens (tertiary/aromatic N) is 2. The zero-order valence-corrected chi connectivity index (χ0v) is 6.04. The highest BCUT2D eigenvalue weighted by Gasteiger charge is 2.24. The molecule has 1 aromatic rings. The predicted molar refractivity (Wildman–Crippen MR) is 38.7 cm³/mol. The van der Waals surface area contributed by atoms with Crippen LogP contribution in [0.25, 0.3) is 0 Å². The van der Waals surface area contributed by atoms with Crippen molar-refractivity contribution in [3.63, 3.8) is 0 Å². The van der Waals surface area contributed by atoms with Crippen molar-refractivity contribution in [3.8, 4) is 0 Å². The summed E-state index contributed by atoms with van der Waals surface area (Å²) < 4.78 is 0. The third-order valence-corrected chi connectivity index (χ3v) is 1.77. The van der Waals surface area contributed by atoms with Crippen LogP contribution < -0.4 is 0 Å². The fourth-order valence-electron chi connectivity index (χ4n) is 1.06. The van der Waals surface area contributed by atoms with E-state index in [2.05, 4.69) is 9.97 Å². The Morgan fingerprint density at radius 1 is 1.40 bits per heavy atom. The van der Waals surface area contributed by atoms with Crippen molar-refractivity contribution in [1.82, 2.24) is 9.97 Å². The van der Waals surface area contributed by atoms with Gasteiger partial charge in [-0.1, -0.05) is 0 Å². The van der Waals surface area contributed by atoms with Gasteiger partial charge in [0.05, 0.1) is 11.4 Å². The van der Waals surface area contributed by atoms with E-state index in [0.29, 0.717) is 0 Å². The molecule has 1 heterocycles. The molecule has 0 saturated heterocycles. The molecule has 1 saturated carbocycles. The van der Waals surface area contributed by atoms with E-state index in [0.717, 1.165) is 11.6 Å². The molecule has 1 aliphatic carbocycles. The standard InChI is InChI=1S/C8H10N2/c1-6-4-9-5-8(10-6)7-2-3-7/h4-5,7H,2-3H2,1H3. The maximum absolute atomic E-state index is 4.37. The average Bonchev–Trinajstić information content (AvgIpc) is 2.68. The molecule has 10 heavy (non-hydrogen) atoms. The summed E-state index contributed by atoms with van der Waals surface area (Å²) in [6.45, 7) is 1.98. The zero-order chi connectivity index (χ0) is 6.97. The summed E-state index contributed by atoms with van der Waals surface area (Å²) in [6, 6.07) is 0. The van der Waals surface area contributed by atoms with Gasteiger partial charge in [0, 0.05) is 18.3 Å². The third-order valence-electron chi connectivity index (χ3n) is 1.77. The lowest BCUT2D eigenvalue weighted by atomic mass is 10.3. The van der Waals surface area contributed by atoms with Gasteiger partial charge in [0.15, 0.2) is 0 Å². The summed E-state index contributed by atoms with van der Waals surface area (Å²) in [5.41, 5.74) is 2.21. The van der Waals surface area contributed by atoms with Crippen molar-refractivity contribution < 1.29 is 0 Å². The lowest BCUT2D eigenvalue weighted by molar-refractivity contribution is 0.957. The Kier molecular flexibility index (Phi) is 1.19. The molecule has 0 unspecified atom stereocenters. The van der Waals surface area contributed by atoms with E-state index < -0.39 is 0 Å². The normalized spacial score (nSPS) is 17.3. The van der Waals surface area contributed by atoms with E-state index in [1.165, 1.54) is 18.5 Å². The van der Waals surface area contributed by atoms with Crippen molar-refractivity contribution in [2.45, 2.75) is 25.7 Å². The second kappa shape index (κ2) is 2.04. The Balaban J connectivity index is 2.32. The van der Waals surface area contributed by atoms with Gasteiger partial charge in [-0.2, -0.15) is 0 Å². The number of hydrogen-bond acceptors (Lipinski definition) is 2. The van der Waals surface area contributed by atoms with Crippen molar-refractivity contribution >= 4 is 0 Å². The molecule has 52 valence electrons. The van der Waals surface area contributed by atoms with Gasteiger partial charge in [-0.3, -0.25) is 9.97 Å². The van der Waals surface area contributed by atoms with Crippen molar-refractivity contribution in [2.75, 3.05) is 0 Å². The molecule has 2 rings (SSSR count). The monoisotopic (exact) mass is 134 g/mol. The van der Waals surface area contributed by atoms with E-state index in [9.17, 15) is 0 Å². The van der Waals surface area contributed by atoms with Crippen LogP contribution in [0.5, 0.6) is 0 Å². The Morgan fingerprint density at radius 3 is 2.80 bits per heavy atom. The Hall–Kier alpha value is -0.920. The summed E-state index contributed by atoms with van der Waals surface area (Å²) in [4.78, 5) is 8.46. The lowest BCUT2D eigenvalue weighted by Crippen LogP contribution is -1.90. The summed E-state index contributed by atoms with van der Waals surface area (Å²) >= 11 is 0. The molecule has 1 aliphatic rings. The maximum atomic E-state index is 4.37. The molecular weight excluding hydrogens is 124 g/mol. The van der Waals surface area contributed by atoms with Crippen LogP contribution in [0.2, 0.25) is 0 Å². The van der Waals surface area contributed by atoms with Gasteiger partial charge in [0.2, 0.25) is 0 Å². The molecule has 1 fully saturated rings. The molecule has 1 aromatic heterocycles. The molecule has 0 N–H and O–H groups in total. The minimum atomic E-state index is 0.729. The van der Waals surface area contributed by atoms with Gasteiger partial charge in [0.25, 0.3) is 0 Å². The molecule has 2 heteroatoms. The van der Waals surface area contributed by atoms with Crippen LogP contribution in [0.15, 0.2) is 12.4 Å². The Labute approximate surface area is 60.3 Å². The SMILES string of the molecule is Cc1cncc(C2CC2)n1. The highest BCUT2D eigenvalue weighted by Crippen LogP contribution is 2.38. The van der Waals surface area contributed by atoms with Crippen LogP contribution in [-0.2, 0) is 0 Å². The molecule has 0 radical (unpaired) electrons. The quantitative estimate of drug-likeness (QED) is 0.583. The van der Waals surface area contributed by atoms with E-state index in [-0.39, 0.29) is 0 Å². The topological polar surface area (TPSA) is 25.8 Å². The second-order valence-electron chi connectivity index (χ2n) is 2.86. The molecule has 0 amide bonds. The van der Waals surface area contributed by atoms with E-state index >= 15 is 0 Å². The molecule has 0 spiro atoms. The first-order chi connectivity index (χ1) is 4.86. The molecule has 0 bridgehead atoms. The Morgan fingerprint density at radius 2 is 2.20 bits per heavy atom. The lowest BCUT2D eigenvalue weighted by Gasteiger charge is -1.95. The molecule has 0 aliphatic heterocycles. The fraction of sp³-hybridized carbons (Fsp3) is 0.500. The molecule has 0 atom stereocenters. The van der Waals surface area contributed by atoms with Crippen LogP contribution in [0.4, 0.5) is 0 Å². The average molecular weight is 134 g/mol. The van der Waals surface area contributed by atoms with Crippen molar-refractivity contribution in [2.24, 2.45) is 0 Å². The maximum Gasteiger partial charge on any atom is 0.0620 e. The van der Waals surface area contributed by atoms with Crippen molar-refractivity contribution in [1.29, 1.82) is 0 Å². The van der Waals surface area contributed by atoms with Crippen LogP contribution in [0.3, 0.4) is 0 Å². The van der Waals surface area contributed by atoms with Crippen LogP contribution in [0, 0.1) is 6.92 Å². The van der Waals surface area contributed by atoms with Crippen LogP contribution >= 0.6 is 0 Å². The number of aromatic nitrogens is 2. The van der Waals surface area contributed by atoms with Crippen LogP contribution in [0.1, 0.15) is 30.1 Å². The first kappa shape index (κ1) is 5.83. The van der Waals surface area contributed by atoms with E-state index in [1.807, 2.05) is 13.1 Å². The van der Waals surface area contributed by atoms with E-state index in [1.54, 1.807) is 6.20 Å². The number of hydrogen-bond donors (Lipinski definition) is 0. The van der Waals surface area contributed by atoms with Gasteiger partial charge in [0.1, 0.15) is 0 Å². The van der Waals surface area contributed by atoms with Gasteiger partial charge in [-0.25, -0.2) is 0 Å². The third kappa shape index (κ3) is 1.01. The fourth-order valence-corrected chi connectivity index (χ4v) is 1.06. The minimum Gasteiger partial charge on any atom is -0.261 e. The molecule has 0 aromatic carbocycles.